The molecule has 0 aliphatic rings. The highest BCUT2D eigenvalue weighted by molar-refractivity contribution is 5.72. The zero-order valence-electron chi connectivity index (χ0n) is 12.9. The van der Waals surface area contributed by atoms with E-state index in [1.165, 1.54) is 18.2 Å². The van der Waals surface area contributed by atoms with Gasteiger partial charge < -0.3 is 15.2 Å². The highest BCUT2D eigenvalue weighted by Gasteiger charge is 2.20. The molecule has 0 aliphatic carbocycles. The van der Waals surface area contributed by atoms with Gasteiger partial charge in [-0.3, -0.25) is 4.79 Å². The third-order valence-corrected chi connectivity index (χ3v) is 3.48. The molecule has 2 aromatic rings. The largest absolute Gasteiger partial charge is 0.481 e. The van der Waals surface area contributed by atoms with E-state index in [0.717, 1.165) is 5.56 Å². The average molecular weight is 331 g/mol. The van der Waals surface area contributed by atoms with Crippen LogP contribution in [0.5, 0.6) is 0 Å². The summed E-state index contributed by atoms with van der Waals surface area (Å²) < 4.78 is 18.6. The number of amides is 1. The van der Waals surface area contributed by atoms with E-state index in [1.807, 2.05) is 30.3 Å². The summed E-state index contributed by atoms with van der Waals surface area (Å²) >= 11 is 0. The minimum Gasteiger partial charge on any atom is -0.481 e. The third kappa shape index (κ3) is 5.39. The first kappa shape index (κ1) is 17.5. The van der Waals surface area contributed by atoms with E-state index < -0.39 is 23.8 Å². The number of ether oxygens (including phenoxy) is 1. The van der Waals surface area contributed by atoms with Gasteiger partial charge in [0, 0.05) is 6.54 Å². The predicted molar refractivity (Wildman–Crippen MR) is 85.9 cm³/mol. The van der Waals surface area contributed by atoms with Gasteiger partial charge >= 0.3 is 12.1 Å². The number of carboxylic acids is 1. The van der Waals surface area contributed by atoms with Crippen molar-refractivity contribution in [2.24, 2.45) is 5.92 Å². The van der Waals surface area contributed by atoms with Crippen molar-refractivity contribution in [3.63, 3.8) is 0 Å². The molecule has 1 amide bonds. The van der Waals surface area contributed by atoms with E-state index in [1.54, 1.807) is 6.07 Å². The van der Waals surface area contributed by atoms with Crippen molar-refractivity contribution in [1.82, 2.24) is 5.32 Å². The van der Waals surface area contributed by atoms with E-state index in [-0.39, 0.29) is 19.6 Å². The number of alkyl carbamates (subject to hydrolysis) is 1. The summed E-state index contributed by atoms with van der Waals surface area (Å²) in [6.45, 7) is -0.0466. The number of carbonyl (C=O) groups is 2. The van der Waals surface area contributed by atoms with E-state index in [2.05, 4.69) is 5.32 Å². The van der Waals surface area contributed by atoms with Crippen LogP contribution < -0.4 is 5.32 Å². The number of benzene rings is 2. The Bertz CT molecular complexity index is 690. The summed E-state index contributed by atoms with van der Waals surface area (Å²) in [5, 5.41) is 11.6. The number of carboxylic acid groups (broad SMARTS) is 1. The standard InChI is InChI=1S/C18H18FNO4/c19-16-9-5-4-8-14(16)10-15(17(21)22)11-20-18(23)24-12-13-6-2-1-3-7-13/h1-9,15H,10-12H2,(H,20,23)(H,21,22)/t15-/m1/s1. The molecular weight excluding hydrogens is 313 g/mol. The van der Waals surface area contributed by atoms with Crippen LogP contribution in [0.2, 0.25) is 0 Å². The number of rotatable bonds is 7. The Morgan fingerprint density at radius 1 is 1.08 bits per heavy atom. The van der Waals surface area contributed by atoms with Crippen LogP contribution >= 0.6 is 0 Å². The second-order valence-corrected chi connectivity index (χ2v) is 5.27. The van der Waals surface area contributed by atoms with Crippen LogP contribution in [-0.4, -0.2) is 23.7 Å². The summed E-state index contributed by atoms with van der Waals surface area (Å²) in [5.74, 6) is -2.51. The van der Waals surface area contributed by atoms with Gasteiger partial charge in [-0.1, -0.05) is 48.5 Å². The van der Waals surface area contributed by atoms with Crippen molar-refractivity contribution in [3.8, 4) is 0 Å². The highest BCUT2D eigenvalue weighted by atomic mass is 19.1. The maximum atomic E-state index is 13.6. The molecule has 2 aromatic carbocycles. The summed E-state index contributed by atoms with van der Waals surface area (Å²) in [5.41, 5.74) is 1.12. The Kier molecular flexibility index (Phi) is 6.31. The van der Waals surface area contributed by atoms with Crippen molar-refractivity contribution in [1.29, 1.82) is 0 Å². The van der Waals surface area contributed by atoms with Gasteiger partial charge in [-0.05, 0) is 23.6 Å². The van der Waals surface area contributed by atoms with Crippen LogP contribution in [0.25, 0.3) is 0 Å². The zero-order chi connectivity index (χ0) is 17.4. The summed E-state index contributed by atoms with van der Waals surface area (Å²) in [6, 6.07) is 15.1. The van der Waals surface area contributed by atoms with Crippen LogP contribution in [0.3, 0.4) is 0 Å². The minimum absolute atomic E-state index is 0.0129. The fourth-order valence-electron chi connectivity index (χ4n) is 2.16. The quantitative estimate of drug-likeness (QED) is 0.818. The van der Waals surface area contributed by atoms with Gasteiger partial charge in [-0.15, -0.1) is 0 Å². The maximum absolute atomic E-state index is 13.6. The topological polar surface area (TPSA) is 75.6 Å². The Morgan fingerprint density at radius 2 is 1.75 bits per heavy atom. The predicted octanol–water partition coefficient (Wildman–Crippen LogP) is 3.00. The zero-order valence-corrected chi connectivity index (χ0v) is 12.9. The number of hydrogen-bond acceptors (Lipinski definition) is 3. The van der Waals surface area contributed by atoms with E-state index in [9.17, 15) is 19.1 Å². The minimum atomic E-state index is -1.11. The van der Waals surface area contributed by atoms with Gasteiger partial charge in [0.15, 0.2) is 0 Å². The molecule has 0 saturated heterocycles. The van der Waals surface area contributed by atoms with Crippen molar-refractivity contribution >= 4 is 12.1 Å². The normalized spacial score (nSPS) is 11.5. The molecule has 1 atom stereocenters. The summed E-state index contributed by atoms with van der Waals surface area (Å²) in [4.78, 5) is 23.0. The van der Waals surface area contributed by atoms with E-state index in [0.29, 0.717) is 5.56 Å². The fraction of sp³-hybridized carbons (Fsp3) is 0.222. The number of aliphatic carboxylic acids is 1. The highest BCUT2D eigenvalue weighted by Crippen LogP contribution is 2.13. The first-order chi connectivity index (χ1) is 11.6. The molecule has 0 radical (unpaired) electrons. The van der Waals surface area contributed by atoms with Crippen molar-refractivity contribution in [3.05, 3.63) is 71.5 Å². The molecule has 0 bridgehead atoms. The second kappa shape index (κ2) is 8.67. The molecule has 0 spiro atoms. The molecule has 0 saturated carbocycles. The Hall–Kier alpha value is -2.89. The second-order valence-electron chi connectivity index (χ2n) is 5.27. The first-order valence-electron chi connectivity index (χ1n) is 7.47. The molecule has 0 fully saturated rings. The Labute approximate surface area is 139 Å². The molecule has 6 heteroatoms. The Balaban J connectivity index is 1.84. The smallest absolute Gasteiger partial charge is 0.407 e. The summed E-state index contributed by atoms with van der Waals surface area (Å²) in [6.07, 6.45) is -0.723. The third-order valence-electron chi connectivity index (χ3n) is 3.48. The molecule has 126 valence electrons. The molecule has 0 heterocycles. The average Bonchev–Trinajstić information content (AvgIpc) is 2.59. The lowest BCUT2D eigenvalue weighted by Crippen LogP contribution is -2.34. The van der Waals surface area contributed by atoms with Gasteiger partial charge in [0.2, 0.25) is 0 Å². The first-order valence-corrected chi connectivity index (χ1v) is 7.47. The van der Waals surface area contributed by atoms with Gasteiger partial charge in [0.1, 0.15) is 12.4 Å². The van der Waals surface area contributed by atoms with Crippen molar-refractivity contribution < 1.29 is 23.8 Å². The molecule has 0 unspecified atom stereocenters. The fourth-order valence-corrected chi connectivity index (χ4v) is 2.16. The SMILES string of the molecule is O=C(NC[C@@H](Cc1ccccc1F)C(=O)O)OCc1ccccc1. The van der Waals surface area contributed by atoms with Crippen molar-refractivity contribution in [2.75, 3.05) is 6.54 Å². The molecule has 0 aromatic heterocycles. The lowest BCUT2D eigenvalue weighted by Gasteiger charge is -2.14. The molecule has 0 aliphatic heterocycles. The lowest BCUT2D eigenvalue weighted by atomic mass is 9.99. The Morgan fingerprint density at radius 3 is 2.42 bits per heavy atom. The van der Waals surface area contributed by atoms with Gasteiger partial charge in [-0.2, -0.15) is 0 Å². The molecule has 24 heavy (non-hydrogen) atoms. The molecular formula is C18H18FNO4. The van der Waals surface area contributed by atoms with Crippen LogP contribution in [0.1, 0.15) is 11.1 Å². The molecule has 2 rings (SSSR count). The number of nitrogens with one attached hydrogen (secondary N) is 1. The molecule has 5 nitrogen and oxygen atoms in total. The lowest BCUT2D eigenvalue weighted by molar-refractivity contribution is -0.141. The van der Waals surface area contributed by atoms with Crippen LogP contribution in [0, 0.1) is 11.7 Å². The van der Waals surface area contributed by atoms with Gasteiger partial charge in [-0.25, -0.2) is 9.18 Å². The van der Waals surface area contributed by atoms with Crippen molar-refractivity contribution in [2.45, 2.75) is 13.0 Å². The van der Waals surface area contributed by atoms with Crippen LogP contribution in [0.4, 0.5) is 9.18 Å². The van der Waals surface area contributed by atoms with E-state index >= 15 is 0 Å². The number of hydrogen-bond donors (Lipinski definition) is 2. The maximum Gasteiger partial charge on any atom is 0.407 e. The number of halogens is 1. The van der Waals surface area contributed by atoms with Crippen LogP contribution in [-0.2, 0) is 22.6 Å². The van der Waals surface area contributed by atoms with Gasteiger partial charge in [0.25, 0.3) is 0 Å². The summed E-state index contributed by atoms with van der Waals surface area (Å²) in [7, 11) is 0. The monoisotopic (exact) mass is 331 g/mol. The molecule has 2 N–H and O–H groups in total. The number of carbonyl (C=O) groups excluding carboxylic acids is 1. The van der Waals surface area contributed by atoms with E-state index in [4.69, 9.17) is 4.74 Å². The van der Waals surface area contributed by atoms with Crippen LogP contribution in [0.15, 0.2) is 54.6 Å². The van der Waals surface area contributed by atoms with Gasteiger partial charge in [0.05, 0.1) is 5.92 Å².